The number of aromatic amines is 1. The highest BCUT2D eigenvalue weighted by Gasteiger charge is 2.47. The van der Waals surface area contributed by atoms with Crippen LogP contribution < -0.4 is 4.74 Å². The minimum Gasteiger partial charge on any atom is -0.497 e. The number of benzene rings is 1. The van der Waals surface area contributed by atoms with Crippen LogP contribution >= 0.6 is 0 Å². The molecule has 4 heterocycles. The van der Waals surface area contributed by atoms with Crippen LogP contribution in [0.1, 0.15) is 55.5 Å². The molecule has 1 atom stereocenters. The summed E-state index contributed by atoms with van der Waals surface area (Å²) >= 11 is 0. The van der Waals surface area contributed by atoms with Crippen LogP contribution in [0, 0.1) is 0 Å². The lowest BCUT2D eigenvalue weighted by Gasteiger charge is -2.50. The van der Waals surface area contributed by atoms with E-state index in [2.05, 4.69) is 27.9 Å². The van der Waals surface area contributed by atoms with Crippen LogP contribution in [0.25, 0.3) is 10.9 Å². The summed E-state index contributed by atoms with van der Waals surface area (Å²) in [4.78, 5) is 24.9. The minimum absolute atomic E-state index is 0.0409. The van der Waals surface area contributed by atoms with E-state index in [9.17, 15) is 9.90 Å². The zero-order valence-corrected chi connectivity index (χ0v) is 20.1. The Morgan fingerprint density at radius 2 is 2.00 bits per heavy atom. The Morgan fingerprint density at radius 1 is 1.24 bits per heavy atom. The van der Waals surface area contributed by atoms with Crippen molar-refractivity contribution in [1.29, 1.82) is 0 Å². The fraction of sp³-hybridized carbons (Fsp3) is 0.481. The molecule has 1 saturated heterocycles. The van der Waals surface area contributed by atoms with Crippen LogP contribution in [0.2, 0.25) is 0 Å². The molecule has 5 rings (SSSR count). The van der Waals surface area contributed by atoms with Gasteiger partial charge in [-0.25, -0.2) is 0 Å². The normalized spacial score (nSPS) is 20.0. The molecule has 34 heavy (non-hydrogen) atoms. The molecule has 2 aromatic heterocycles. The Kier molecular flexibility index (Phi) is 6.32. The molecule has 2 aliphatic heterocycles. The number of ether oxygens (including phenoxy) is 1. The maximum absolute atomic E-state index is 12.6. The predicted molar refractivity (Wildman–Crippen MR) is 132 cm³/mol. The van der Waals surface area contributed by atoms with Gasteiger partial charge in [0, 0.05) is 73.1 Å². The fourth-order valence-corrected chi connectivity index (χ4v) is 5.97. The van der Waals surface area contributed by atoms with Gasteiger partial charge in [-0.3, -0.25) is 14.7 Å². The van der Waals surface area contributed by atoms with Gasteiger partial charge in [-0.05, 0) is 54.7 Å². The molecule has 1 amide bonds. The molecule has 1 aromatic carbocycles. The number of H-pyrrole nitrogens is 1. The lowest BCUT2D eigenvalue weighted by Crippen LogP contribution is -2.54. The monoisotopic (exact) mass is 462 g/mol. The van der Waals surface area contributed by atoms with Crippen molar-refractivity contribution in [2.75, 3.05) is 33.4 Å². The summed E-state index contributed by atoms with van der Waals surface area (Å²) in [6.45, 7) is 5.23. The SMILES string of the molecule is CCCC(=O)N1CCC2(CC1)CN(Cc1ccncc1)[C@H](CO)c1[nH]c3cc(OC)ccc3c12. The second-order valence-electron chi connectivity index (χ2n) is 9.70. The third kappa shape index (κ3) is 3.97. The molecule has 7 heteroatoms. The van der Waals surface area contributed by atoms with Gasteiger partial charge < -0.3 is 19.7 Å². The highest BCUT2D eigenvalue weighted by atomic mass is 16.5. The van der Waals surface area contributed by atoms with Crippen molar-refractivity contribution in [3.8, 4) is 5.75 Å². The number of pyridine rings is 1. The first-order valence-corrected chi connectivity index (χ1v) is 12.3. The molecule has 1 fully saturated rings. The molecule has 2 N–H and O–H groups in total. The molecule has 1 spiro atoms. The first-order valence-electron chi connectivity index (χ1n) is 12.3. The Balaban J connectivity index is 1.57. The summed E-state index contributed by atoms with van der Waals surface area (Å²) in [6, 6.07) is 10.2. The molecule has 0 aliphatic carbocycles. The van der Waals surface area contributed by atoms with Crippen molar-refractivity contribution in [3.05, 3.63) is 59.5 Å². The van der Waals surface area contributed by atoms with Crippen LogP contribution in [-0.4, -0.2) is 64.1 Å². The number of aliphatic hydroxyl groups is 1. The number of amides is 1. The number of methoxy groups -OCH3 is 1. The molecule has 0 radical (unpaired) electrons. The number of aromatic nitrogens is 2. The van der Waals surface area contributed by atoms with Crippen molar-refractivity contribution in [3.63, 3.8) is 0 Å². The van der Waals surface area contributed by atoms with E-state index < -0.39 is 0 Å². The zero-order chi connectivity index (χ0) is 23.7. The van der Waals surface area contributed by atoms with Crippen molar-refractivity contribution in [2.24, 2.45) is 0 Å². The number of piperidine rings is 1. The van der Waals surface area contributed by atoms with Gasteiger partial charge in [-0.2, -0.15) is 0 Å². The first kappa shape index (κ1) is 22.9. The van der Waals surface area contributed by atoms with Crippen molar-refractivity contribution >= 4 is 16.8 Å². The molecule has 180 valence electrons. The summed E-state index contributed by atoms with van der Waals surface area (Å²) in [5, 5.41) is 11.7. The van der Waals surface area contributed by atoms with E-state index in [1.165, 1.54) is 16.5 Å². The van der Waals surface area contributed by atoms with Crippen LogP contribution in [-0.2, 0) is 16.8 Å². The first-order chi connectivity index (χ1) is 16.6. The maximum atomic E-state index is 12.6. The number of carbonyl (C=O) groups is 1. The standard InChI is InChI=1S/C27H34N4O3/c1-3-4-24(33)30-13-9-27(10-14-30)18-31(16-19-7-11-28-12-8-19)23(17-32)26-25(27)21-6-5-20(34-2)15-22(21)29-26/h5-8,11-12,15,23,29,32H,3-4,9-10,13-14,16-18H2,1-2H3/t23-/m1/s1. The number of nitrogens with zero attached hydrogens (tertiary/aromatic N) is 3. The Labute approximate surface area is 200 Å². The number of nitrogens with one attached hydrogen (secondary N) is 1. The number of aliphatic hydroxyl groups excluding tert-OH is 1. The number of carbonyl (C=O) groups excluding carboxylic acids is 1. The van der Waals surface area contributed by atoms with Gasteiger partial charge in [-0.15, -0.1) is 0 Å². The number of rotatable bonds is 6. The van der Waals surface area contributed by atoms with Gasteiger partial charge >= 0.3 is 0 Å². The molecule has 0 unspecified atom stereocenters. The molecule has 0 bridgehead atoms. The summed E-state index contributed by atoms with van der Waals surface area (Å²) in [7, 11) is 1.68. The average molecular weight is 463 g/mol. The van der Waals surface area contributed by atoms with Crippen molar-refractivity contribution in [2.45, 2.75) is 50.6 Å². The molecule has 2 aliphatic rings. The second-order valence-corrected chi connectivity index (χ2v) is 9.70. The number of fused-ring (bicyclic) bond motifs is 4. The summed E-state index contributed by atoms with van der Waals surface area (Å²) in [5.41, 5.74) is 4.55. The third-order valence-electron chi connectivity index (χ3n) is 7.69. The van der Waals surface area contributed by atoms with E-state index in [1.54, 1.807) is 7.11 Å². The van der Waals surface area contributed by atoms with E-state index in [-0.39, 0.29) is 24.0 Å². The summed E-state index contributed by atoms with van der Waals surface area (Å²) in [5.74, 6) is 1.08. The van der Waals surface area contributed by atoms with E-state index >= 15 is 0 Å². The van der Waals surface area contributed by atoms with Gasteiger partial charge in [0.25, 0.3) is 0 Å². The Hall–Kier alpha value is -2.90. The molecule has 7 nitrogen and oxygen atoms in total. The van der Waals surface area contributed by atoms with E-state index in [4.69, 9.17) is 4.74 Å². The second kappa shape index (κ2) is 9.39. The van der Waals surface area contributed by atoms with Crippen LogP contribution in [0.4, 0.5) is 0 Å². The number of hydrogen-bond acceptors (Lipinski definition) is 5. The van der Waals surface area contributed by atoms with Gasteiger partial charge in [0.05, 0.1) is 19.8 Å². The smallest absolute Gasteiger partial charge is 0.222 e. The van der Waals surface area contributed by atoms with Gasteiger partial charge in [0.15, 0.2) is 0 Å². The molecular formula is C27H34N4O3. The third-order valence-corrected chi connectivity index (χ3v) is 7.69. The maximum Gasteiger partial charge on any atom is 0.222 e. The van der Waals surface area contributed by atoms with Gasteiger partial charge in [-0.1, -0.05) is 6.92 Å². The summed E-state index contributed by atoms with van der Waals surface area (Å²) in [6.07, 6.45) is 6.97. The highest BCUT2D eigenvalue weighted by Crippen LogP contribution is 2.49. The van der Waals surface area contributed by atoms with Crippen LogP contribution in [0.3, 0.4) is 0 Å². The quantitative estimate of drug-likeness (QED) is 0.583. The van der Waals surface area contributed by atoms with Crippen LogP contribution in [0.5, 0.6) is 5.75 Å². The topological polar surface area (TPSA) is 81.7 Å². The molecular weight excluding hydrogens is 428 g/mol. The Morgan fingerprint density at radius 3 is 2.68 bits per heavy atom. The predicted octanol–water partition coefficient (Wildman–Crippen LogP) is 3.78. The Bertz CT molecular complexity index is 1150. The fourth-order valence-electron chi connectivity index (χ4n) is 5.97. The molecule has 3 aromatic rings. The highest BCUT2D eigenvalue weighted by molar-refractivity contribution is 5.88. The largest absolute Gasteiger partial charge is 0.497 e. The van der Waals surface area contributed by atoms with Gasteiger partial charge in [0.1, 0.15) is 5.75 Å². The minimum atomic E-state index is -0.119. The lowest BCUT2D eigenvalue weighted by atomic mass is 9.68. The number of likely N-dealkylation sites (tertiary alicyclic amines) is 1. The van der Waals surface area contributed by atoms with E-state index in [0.717, 1.165) is 62.4 Å². The van der Waals surface area contributed by atoms with Crippen molar-refractivity contribution in [1.82, 2.24) is 19.8 Å². The van der Waals surface area contributed by atoms with E-state index in [0.29, 0.717) is 6.42 Å². The average Bonchev–Trinajstić information content (AvgIpc) is 3.25. The zero-order valence-electron chi connectivity index (χ0n) is 20.1. The van der Waals surface area contributed by atoms with Crippen LogP contribution in [0.15, 0.2) is 42.7 Å². The van der Waals surface area contributed by atoms with Gasteiger partial charge in [0.2, 0.25) is 5.91 Å². The number of hydrogen-bond donors (Lipinski definition) is 2. The van der Waals surface area contributed by atoms with Crippen molar-refractivity contribution < 1.29 is 14.6 Å². The molecule has 0 saturated carbocycles. The summed E-state index contributed by atoms with van der Waals surface area (Å²) < 4.78 is 5.48. The lowest BCUT2D eigenvalue weighted by molar-refractivity contribution is -0.133. The van der Waals surface area contributed by atoms with E-state index in [1.807, 2.05) is 41.6 Å².